The Bertz CT molecular complexity index is 687. The number of rotatable bonds is 3. The van der Waals surface area contributed by atoms with E-state index in [1.54, 1.807) is 0 Å². The van der Waals surface area contributed by atoms with Crippen molar-refractivity contribution < 1.29 is 23.5 Å². The van der Waals surface area contributed by atoms with Crippen molar-refractivity contribution in [2.75, 3.05) is 10.6 Å². The lowest BCUT2D eigenvalue weighted by Gasteiger charge is -2.10. The molecule has 0 aliphatic rings. The Morgan fingerprint density at radius 1 is 0.905 bits per heavy atom. The Balaban J connectivity index is 2.12. The Kier molecular flexibility index (Phi) is 4.13. The van der Waals surface area contributed by atoms with E-state index in [1.165, 1.54) is 12.1 Å². The molecule has 2 aromatic carbocycles. The predicted octanol–water partition coefficient (Wildman–Crippen LogP) is 3.31. The van der Waals surface area contributed by atoms with E-state index < -0.39 is 23.6 Å². The fraction of sp³-hybridized carbons (Fsp3) is 0. The van der Waals surface area contributed by atoms with Crippen LogP contribution in [0.4, 0.5) is 25.0 Å². The van der Waals surface area contributed by atoms with E-state index in [0.29, 0.717) is 5.69 Å². The van der Waals surface area contributed by atoms with Gasteiger partial charge in [0.1, 0.15) is 11.6 Å². The molecule has 0 saturated carbocycles. The molecule has 108 valence electrons. The number of carbonyl (C=O) groups is 2. The molecule has 0 bridgehead atoms. The number of benzene rings is 2. The molecule has 5 nitrogen and oxygen atoms in total. The fourth-order valence-corrected chi connectivity index (χ4v) is 1.62. The van der Waals surface area contributed by atoms with Gasteiger partial charge in [-0.05, 0) is 42.5 Å². The maximum Gasteiger partial charge on any atom is 0.337 e. The van der Waals surface area contributed by atoms with Gasteiger partial charge in [0.25, 0.3) is 0 Å². The van der Waals surface area contributed by atoms with Gasteiger partial charge in [-0.2, -0.15) is 0 Å². The zero-order chi connectivity index (χ0) is 15.4. The van der Waals surface area contributed by atoms with Gasteiger partial charge in [-0.3, -0.25) is 0 Å². The number of aromatic carboxylic acids is 1. The Hall–Kier alpha value is -2.96. The minimum atomic E-state index is -1.37. The number of anilines is 2. The van der Waals surface area contributed by atoms with E-state index in [2.05, 4.69) is 10.6 Å². The van der Waals surface area contributed by atoms with E-state index in [1.807, 2.05) is 0 Å². The van der Waals surface area contributed by atoms with Crippen molar-refractivity contribution in [3.63, 3.8) is 0 Å². The average molecular weight is 292 g/mol. The lowest BCUT2D eigenvalue weighted by molar-refractivity contribution is 0.0697. The molecule has 0 fully saturated rings. The van der Waals surface area contributed by atoms with Crippen LogP contribution in [0.2, 0.25) is 0 Å². The number of amides is 2. The first-order valence-electron chi connectivity index (χ1n) is 5.82. The number of hydrogen-bond acceptors (Lipinski definition) is 2. The molecule has 2 rings (SSSR count). The minimum Gasteiger partial charge on any atom is -0.478 e. The number of carbonyl (C=O) groups excluding carboxylic acids is 1. The molecule has 0 saturated heterocycles. The van der Waals surface area contributed by atoms with Gasteiger partial charge in [0.15, 0.2) is 0 Å². The maximum absolute atomic E-state index is 13.0. The van der Waals surface area contributed by atoms with Crippen LogP contribution in [0.3, 0.4) is 0 Å². The molecular weight excluding hydrogens is 282 g/mol. The van der Waals surface area contributed by atoms with Gasteiger partial charge in [0.05, 0.1) is 11.3 Å². The number of urea groups is 1. The van der Waals surface area contributed by atoms with E-state index >= 15 is 0 Å². The lowest BCUT2D eigenvalue weighted by atomic mass is 10.1. The van der Waals surface area contributed by atoms with Crippen LogP contribution in [0.15, 0.2) is 42.5 Å². The van der Waals surface area contributed by atoms with Crippen LogP contribution in [-0.4, -0.2) is 17.1 Å². The summed E-state index contributed by atoms with van der Waals surface area (Å²) < 4.78 is 25.7. The topological polar surface area (TPSA) is 78.4 Å². The van der Waals surface area contributed by atoms with Crippen LogP contribution in [0.25, 0.3) is 0 Å². The third-order valence-electron chi connectivity index (χ3n) is 2.56. The summed E-state index contributed by atoms with van der Waals surface area (Å²) in [5.74, 6) is -2.55. The number of carboxylic acids is 1. The molecule has 2 amide bonds. The van der Waals surface area contributed by atoms with E-state index in [9.17, 15) is 18.4 Å². The number of hydrogen-bond donors (Lipinski definition) is 3. The monoisotopic (exact) mass is 292 g/mol. The van der Waals surface area contributed by atoms with Gasteiger partial charge in [-0.15, -0.1) is 0 Å². The van der Waals surface area contributed by atoms with Crippen molar-refractivity contribution in [2.24, 2.45) is 0 Å². The van der Waals surface area contributed by atoms with Crippen LogP contribution in [0, 0.1) is 11.6 Å². The molecule has 0 aliphatic carbocycles. The van der Waals surface area contributed by atoms with Crippen LogP contribution >= 0.6 is 0 Å². The van der Waals surface area contributed by atoms with Crippen molar-refractivity contribution in [3.05, 3.63) is 59.7 Å². The second kappa shape index (κ2) is 6.00. The highest BCUT2D eigenvalue weighted by Gasteiger charge is 2.13. The van der Waals surface area contributed by atoms with Crippen LogP contribution in [0.1, 0.15) is 10.4 Å². The highest BCUT2D eigenvalue weighted by molar-refractivity contribution is 6.04. The summed E-state index contributed by atoms with van der Waals surface area (Å²) in [7, 11) is 0. The zero-order valence-corrected chi connectivity index (χ0v) is 10.6. The number of carboxylic acid groups (broad SMARTS) is 1. The van der Waals surface area contributed by atoms with Gasteiger partial charge in [-0.25, -0.2) is 18.4 Å². The molecule has 0 aliphatic heterocycles. The molecule has 21 heavy (non-hydrogen) atoms. The summed E-state index contributed by atoms with van der Waals surface area (Å²) in [6.45, 7) is 0. The summed E-state index contributed by atoms with van der Waals surface area (Å²) in [5.41, 5.74) is -0.0966. The summed E-state index contributed by atoms with van der Waals surface area (Å²) in [5, 5.41) is 13.6. The van der Waals surface area contributed by atoms with Crippen molar-refractivity contribution in [2.45, 2.75) is 0 Å². The van der Waals surface area contributed by atoms with Crippen molar-refractivity contribution in [1.29, 1.82) is 0 Å². The van der Waals surface area contributed by atoms with Gasteiger partial charge in [-0.1, -0.05) is 0 Å². The van der Waals surface area contributed by atoms with Crippen molar-refractivity contribution in [3.8, 4) is 0 Å². The van der Waals surface area contributed by atoms with Crippen LogP contribution < -0.4 is 10.6 Å². The first kappa shape index (κ1) is 14.4. The highest BCUT2D eigenvalue weighted by Crippen LogP contribution is 2.18. The fourth-order valence-electron chi connectivity index (χ4n) is 1.62. The average Bonchev–Trinajstić information content (AvgIpc) is 2.43. The first-order valence-corrected chi connectivity index (χ1v) is 5.82. The third-order valence-corrected chi connectivity index (χ3v) is 2.56. The highest BCUT2D eigenvalue weighted by atomic mass is 19.1. The lowest BCUT2D eigenvalue weighted by Crippen LogP contribution is -2.21. The molecule has 7 heteroatoms. The SMILES string of the molecule is O=C(Nc1ccc(F)cc1)Nc1ccc(F)cc1C(=O)O. The molecule has 0 atom stereocenters. The quantitative estimate of drug-likeness (QED) is 0.812. The number of nitrogens with one attached hydrogen (secondary N) is 2. The van der Waals surface area contributed by atoms with Gasteiger partial charge in [0.2, 0.25) is 0 Å². The largest absolute Gasteiger partial charge is 0.478 e. The summed E-state index contributed by atoms with van der Waals surface area (Å²) in [6, 6.07) is 7.26. The molecule has 0 radical (unpaired) electrons. The molecule has 0 aromatic heterocycles. The van der Waals surface area contributed by atoms with E-state index in [-0.39, 0.29) is 11.3 Å². The molecule has 0 spiro atoms. The van der Waals surface area contributed by atoms with E-state index in [0.717, 1.165) is 30.3 Å². The normalized spacial score (nSPS) is 10.0. The summed E-state index contributed by atoms with van der Waals surface area (Å²) in [4.78, 5) is 22.7. The maximum atomic E-state index is 13.0. The second-order valence-electron chi connectivity index (χ2n) is 4.08. The van der Waals surface area contributed by atoms with Crippen LogP contribution in [0.5, 0.6) is 0 Å². The first-order chi connectivity index (χ1) is 9.95. The standard InChI is InChI=1S/C14H10F2N2O3/c15-8-1-4-10(5-2-8)17-14(21)18-12-6-3-9(16)7-11(12)13(19)20/h1-7H,(H,19,20)(H2,17,18,21). The molecule has 0 unspecified atom stereocenters. The molecular formula is C14H10F2N2O3. The number of halogens is 2. The Labute approximate surface area is 118 Å². The predicted molar refractivity (Wildman–Crippen MR) is 72.4 cm³/mol. The van der Waals surface area contributed by atoms with Crippen molar-refractivity contribution in [1.82, 2.24) is 0 Å². The molecule has 0 heterocycles. The molecule has 3 N–H and O–H groups in total. The van der Waals surface area contributed by atoms with Gasteiger partial charge in [0, 0.05) is 5.69 Å². The zero-order valence-electron chi connectivity index (χ0n) is 10.6. The summed E-state index contributed by atoms with van der Waals surface area (Å²) >= 11 is 0. The Morgan fingerprint density at radius 3 is 2.14 bits per heavy atom. The van der Waals surface area contributed by atoms with E-state index in [4.69, 9.17) is 5.11 Å². The second-order valence-corrected chi connectivity index (χ2v) is 4.08. The summed E-state index contributed by atoms with van der Waals surface area (Å²) in [6.07, 6.45) is 0. The smallest absolute Gasteiger partial charge is 0.337 e. The van der Waals surface area contributed by atoms with Gasteiger partial charge < -0.3 is 15.7 Å². The minimum absolute atomic E-state index is 0.0523. The molecule has 2 aromatic rings. The van der Waals surface area contributed by atoms with Crippen molar-refractivity contribution >= 4 is 23.4 Å². The van der Waals surface area contributed by atoms with Gasteiger partial charge >= 0.3 is 12.0 Å². The van der Waals surface area contributed by atoms with Crippen LogP contribution in [-0.2, 0) is 0 Å². The third kappa shape index (κ3) is 3.75. The Morgan fingerprint density at radius 2 is 1.52 bits per heavy atom.